The molecule has 4 heteroatoms. The van der Waals surface area contributed by atoms with Gasteiger partial charge in [-0.1, -0.05) is 27.7 Å². The predicted octanol–water partition coefficient (Wildman–Crippen LogP) is 2.81. The first-order chi connectivity index (χ1) is 9.56. The zero-order valence-corrected chi connectivity index (χ0v) is 13.3. The van der Waals surface area contributed by atoms with Gasteiger partial charge in [-0.25, -0.2) is 9.97 Å². The molecule has 0 radical (unpaired) electrons. The van der Waals surface area contributed by atoms with Gasteiger partial charge in [0, 0.05) is 30.9 Å². The summed E-state index contributed by atoms with van der Waals surface area (Å²) in [5.41, 5.74) is 1.14. The van der Waals surface area contributed by atoms with Gasteiger partial charge in [0.25, 0.3) is 0 Å². The maximum absolute atomic E-state index is 4.47. The molecule has 0 aromatic carbocycles. The Balaban J connectivity index is 1.99. The minimum absolute atomic E-state index is 0.458. The molecule has 0 spiro atoms. The molecular weight excluding hydrogens is 248 g/mol. The number of piperidine rings is 1. The van der Waals surface area contributed by atoms with Crippen molar-refractivity contribution in [1.82, 2.24) is 15.3 Å². The molecule has 1 unspecified atom stereocenters. The zero-order chi connectivity index (χ0) is 14.5. The SMILES string of the molecule is CC(C)NCC1CCCN(c2cc(C(C)C)ncn2)C1. The monoisotopic (exact) mass is 276 g/mol. The van der Waals surface area contributed by atoms with Crippen LogP contribution in [0.5, 0.6) is 0 Å². The lowest BCUT2D eigenvalue weighted by atomic mass is 9.97. The van der Waals surface area contributed by atoms with Crippen LogP contribution in [0.1, 0.15) is 52.1 Å². The molecule has 112 valence electrons. The van der Waals surface area contributed by atoms with E-state index in [1.807, 2.05) is 0 Å². The third-order valence-electron chi connectivity index (χ3n) is 3.92. The van der Waals surface area contributed by atoms with Crippen molar-refractivity contribution in [1.29, 1.82) is 0 Å². The minimum Gasteiger partial charge on any atom is -0.356 e. The second kappa shape index (κ2) is 7.02. The molecule has 1 aromatic rings. The van der Waals surface area contributed by atoms with E-state index in [-0.39, 0.29) is 0 Å². The van der Waals surface area contributed by atoms with Crippen molar-refractivity contribution in [2.24, 2.45) is 5.92 Å². The van der Waals surface area contributed by atoms with Crippen LogP contribution in [-0.2, 0) is 0 Å². The molecule has 1 aliphatic heterocycles. The van der Waals surface area contributed by atoms with Gasteiger partial charge < -0.3 is 10.2 Å². The minimum atomic E-state index is 0.458. The number of aromatic nitrogens is 2. The van der Waals surface area contributed by atoms with Gasteiger partial charge in [-0.2, -0.15) is 0 Å². The molecule has 2 rings (SSSR count). The number of anilines is 1. The molecule has 4 nitrogen and oxygen atoms in total. The van der Waals surface area contributed by atoms with E-state index in [1.54, 1.807) is 6.33 Å². The van der Waals surface area contributed by atoms with Crippen molar-refractivity contribution in [3.8, 4) is 0 Å². The fraction of sp³-hybridized carbons (Fsp3) is 0.750. The summed E-state index contributed by atoms with van der Waals surface area (Å²) in [6.45, 7) is 12.1. The Morgan fingerprint density at radius 3 is 2.80 bits per heavy atom. The molecule has 1 fully saturated rings. The predicted molar refractivity (Wildman–Crippen MR) is 84.2 cm³/mol. The Morgan fingerprint density at radius 2 is 2.10 bits per heavy atom. The first kappa shape index (κ1) is 15.2. The average Bonchev–Trinajstić information content (AvgIpc) is 2.45. The van der Waals surface area contributed by atoms with Gasteiger partial charge in [0.2, 0.25) is 0 Å². The van der Waals surface area contributed by atoms with Gasteiger partial charge in [0.1, 0.15) is 12.1 Å². The van der Waals surface area contributed by atoms with Gasteiger partial charge >= 0.3 is 0 Å². The summed E-state index contributed by atoms with van der Waals surface area (Å²) < 4.78 is 0. The summed E-state index contributed by atoms with van der Waals surface area (Å²) in [6, 6.07) is 2.72. The molecule has 0 aliphatic carbocycles. The van der Waals surface area contributed by atoms with Gasteiger partial charge in [-0.05, 0) is 31.2 Å². The second-order valence-corrected chi connectivity index (χ2v) is 6.47. The Kier molecular flexibility index (Phi) is 5.35. The molecule has 1 N–H and O–H groups in total. The van der Waals surface area contributed by atoms with E-state index in [9.17, 15) is 0 Å². The quantitative estimate of drug-likeness (QED) is 0.898. The van der Waals surface area contributed by atoms with Crippen molar-refractivity contribution in [3.05, 3.63) is 18.1 Å². The lowest BCUT2D eigenvalue weighted by Crippen LogP contribution is -2.41. The summed E-state index contributed by atoms with van der Waals surface area (Å²) in [7, 11) is 0. The number of hydrogen-bond donors (Lipinski definition) is 1. The maximum atomic E-state index is 4.47. The first-order valence-electron chi connectivity index (χ1n) is 7.86. The Morgan fingerprint density at radius 1 is 1.30 bits per heavy atom. The molecule has 20 heavy (non-hydrogen) atoms. The van der Waals surface area contributed by atoms with E-state index in [1.165, 1.54) is 12.8 Å². The summed E-state index contributed by atoms with van der Waals surface area (Å²) in [5, 5.41) is 3.56. The van der Waals surface area contributed by atoms with Crippen LogP contribution in [-0.4, -0.2) is 35.6 Å². The smallest absolute Gasteiger partial charge is 0.132 e. The van der Waals surface area contributed by atoms with Crippen LogP contribution in [0, 0.1) is 5.92 Å². The van der Waals surface area contributed by atoms with Crippen LogP contribution < -0.4 is 10.2 Å². The molecular formula is C16H28N4. The van der Waals surface area contributed by atoms with E-state index in [0.29, 0.717) is 12.0 Å². The van der Waals surface area contributed by atoms with Gasteiger partial charge in [-0.15, -0.1) is 0 Å². The lowest BCUT2D eigenvalue weighted by molar-refractivity contribution is 0.378. The summed E-state index contributed by atoms with van der Waals surface area (Å²) >= 11 is 0. The van der Waals surface area contributed by atoms with Gasteiger partial charge in [0.05, 0.1) is 0 Å². The Hall–Kier alpha value is -1.16. The molecule has 1 saturated heterocycles. The van der Waals surface area contributed by atoms with Crippen LogP contribution in [0.4, 0.5) is 5.82 Å². The summed E-state index contributed by atoms with van der Waals surface area (Å²) in [6.07, 6.45) is 4.28. The summed E-state index contributed by atoms with van der Waals surface area (Å²) in [4.78, 5) is 11.3. The number of nitrogens with one attached hydrogen (secondary N) is 1. The molecule has 0 saturated carbocycles. The van der Waals surface area contributed by atoms with E-state index < -0.39 is 0 Å². The lowest BCUT2D eigenvalue weighted by Gasteiger charge is -2.34. The standard InChI is InChI=1S/C16H28N4/c1-12(2)15-8-16(19-11-18-15)20-7-5-6-14(10-20)9-17-13(3)4/h8,11-14,17H,5-7,9-10H2,1-4H3. The molecule has 1 atom stereocenters. The first-order valence-corrected chi connectivity index (χ1v) is 7.86. The van der Waals surface area contributed by atoms with Crippen LogP contribution >= 0.6 is 0 Å². The highest BCUT2D eigenvalue weighted by molar-refractivity contribution is 5.40. The van der Waals surface area contributed by atoms with Crippen LogP contribution in [0.3, 0.4) is 0 Å². The molecule has 0 amide bonds. The normalized spacial score (nSPS) is 19.9. The van der Waals surface area contributed by atoms with E-state index >= 15 is 0 Å². The van der Waals surface area contributed by atoms with E-state index in [2.05, 4.69) is 53.9 Å². The molecule has 1 aromatic heterocycles. The number of hydrogen-bond acceptors (Lipinski definition) is 4. The van der Waals surface area contributed by atoms with Gasteiger partial charge in [0.15, 0.2) is 0 Å². The Labute approximate surface area is 123 Å². The second-order valence-electron chi connectivity index (χ2n) is 6.47. The zero-order valence-electron chi connectivity index (χ0n) is 13.3. The highest BCUT2D eigenvalue weighted by Gasteiger charge is 2.21. The van der Waals surface area contributed by atoms with Crippen molar-refractivity contribution in [2.45, 2.75) is 52.5 Å². The van der Waals surface area contributed by atoms with Crippen LogP contribution in [0.15, 0.2) is 12.4 Å². The number of rotatable bonds is 5. The van der Waals surface area contributed by atoms with Crippen LogP contribution in [0.2, 0.25) is 0 Å². The maximum Gasteiger partial charge on any atom is 0.132 e. The van der Waals surface area contributed by atoms with Crippen molar-refractivity contribution in [3.63, 3.8) is 0 Å². The highest BCUT2D eigenvalue weighted by Crippen LogP contribution is 2.23. The Bertz CT molecular complexity index is 417. The van der Waals surface area contributed by atoms with Crippen molar-refractivity contribution < 1.29 is 0 Å². The largest absolute Gasteiger partial charge is 0.356 e. The van der Waals surface area contributed by atoms with Gasteiger partial charge in [-0.3, -0.25) is 0 Å². The van der Waals surface area contributed by atoms with E-state index in [0.717, 1.165) is 37.1 Å². The topological polar surface area (TPSA) is 41.0 Å². The number of nitrogens with zero attached hydrogens (tertiary/aromatic N) is 3. The fourth-order valence-corrected chi connectivity index (χ4v) is 2.69. The fourth-order valence-electron chi connectivity index (χ4n) is 2.69. The third-order valence-corrected chi connectivity index (χ3v) is 3.92. The third kappa shape index (κ3) is 4.17. The van der Waals surface area contributed by atoms with Crippen molar-refractivity contribution >= 4 is 5.82 Å². The molecule has 0 bridgehead atoms. The highest BCUT2D eigenvalue weighted by atomic mass is 15.2. The summed E-state index contributed by atoms with van der Waals surface area (Å²) in [5.74, 6) is 2.28. The van der Waals surface area contributed by atoms with E-state index in [4.69, 9.17) is 0 Å². The van der Waals surface area contributed by atoms with Crippen molar-refractivity contribution in [2.75, 3.05) is 24.5 Å². The molecule has 1 aliphatic rings. The molecule has 2 heterocycles. The van der Waals surface area contributed by atoms with Crippen LogP contribution in [0.25, 0.3) is 0 Å². The average molecular weight is 276 g/mol.